The van der Waals surface area contributed by atoms with Crippen LogP contribution in [0.15, 0.2) is 24.3 Å². The molecular formula is C28H28N2O9S. The molecule has 4 rings (SSSR count). The van der Waals surface area contributed by atoms with E-state index in [9.17, 15) is 14.7 Å². The summed E-state index contributed by atoms with van der Waals surface area (Å²) in [5.41, 5.74) is 7.80. The van der Waals surface area contributed by atoms with Crippen molar-refractivity contribution in [3.63, 3.8) is 0 Å². The van der Waals surface area contributed by atoms with E-state index in [1.165, 1.54) is 54.8 Å². The number of anilines is 1. The molecule has 0 saturated carbocycles. The van der Waals surface area contributed by atoms with Gasteiger partial charge in [0.05, 0.1) is 59.6 Å². The number of nitrogens with two attached hydrogens (primary N) is 1. The third kappa shape index (κ3) is 4.56. The minimum atomic E-state index is -1.21. The number of aryl methyl sites for hydroxylation is 1. The van der Waals surface area contributed by atoms with E-state index in [0.717, 1.165) is 11.3 Å². The van der Waals surface area contributed by atoms with E-state index in [4.69, 9.17) is 34.2 Å². The fourth-order valence-corrected chi connectivity index (χ4v) is 5.67. The van der Waals surface area contributed by atoms with Gasteiger partial charge in [0.1, 0.15) is 9.71 Å². The topological polar surface area (TPSA) is 149 Å². The molecule has 0 unspecified atom stereocenters. The summed E-state index contributed by atoms with van der Waals surface area (Å²) in [5.74, 6) is 0.263. The number of ketones is 1. The minimum Gasteiger partial charge on any atom is -0.493 e. The van der Waals surface area contributed by atoms with Crippen molar-refractivity contribution in [3.8, 4) is 45.6 Å². The summed E-state index contributed by atoms with van der Waals surface area (Å²) < 4.78 is 32.6. The van der Waals surface area contributed by atoms with Gasteiger partial charge < -0.3 is 39.3 Å². The highest BCUT2D eigenvalue weighted by atomic mass is 32.1. The number of hydrogen-bond acceptors (Lipinski definition) is 11. The van der Waals surface area contributed by atoms with E-state index in [2.05, 4.69) is 4.98 Å². The Hall–Kier alpha value is -4.71. The third-order valence-corrected chi connectivity index (χ3v) is 7.46. The van der Waals surface area contributed by atoms with Crippen LogP contribution in [-0.4, -0.2) is 64.5 Å². The third-order valence-electron chi connectivity index (χ3n) is 6.36. The maximum atomic E-state index is 13.8. The molecule has 0 spiro atoms. The molecule has 0 aliphatic heterocycles. The molecule has 2 aromatic heterocycles. The molecule has 0 saturated heterocycles. The summed E-state index contributed by atoms with van der Waals surface area (Å²) in [5, 5.41) is 10.5. The monoisotopic (exact) mass is 568 g/mol. The zero-order chi connectivity index (χ0) is 29.3. The molecule has 0 fully saturated rings. The van der Waals surface area contributed by atoms with Crippen LogP contribution in [0.3, 0.4) is 0 Å². The number of carboxylic acid groups (broad SMARTS) is 1. The number of thiophene rings is 1. The van der Waals surface area contributed by atoms with E-state index in [-0.39, 0.29) is 32.9 Å². The number of carbonyl (C=O) groups is 2. The molecule has 0 atom stereocenters. The van der Waals surface area contributed by atoms with Crippen LogP contribution in [0.5, 0.6) is 34.5 Å². The van der Waals surface area contributed by atoms with E-state index < -0.39 is 11.8 Å². The summed E-state index contributed by atoms with van der Waals surface area (Å²) in [6.45, 7) is 1.58. The molecule has 0 aliphatic rings. The number of methoxy groups -OCH3 is 6. The largest absolute Gasteiger partial charge is 0.493 e. The SMILES string of the molecule is COc1cc(C(=O)c2sc3nc(C)c(C(=O)O)c(-c4cc(OC)c(OC)c(OC)c4)c3c2N)cc(OC)c1OC. The van der Waals surface area contributed by atoms with Gasteiger partial charge in [-0.3, -0.25) is 4.79 Å². The fraction of sp³-hybridized carbons (Fsp3) is 0.250. The highest BCUT2D eigenvalue weighted by Crippen LogP contribution is 2.48. The number of aromatic carboxylic acids is 1. The lowest BCUT2D eigenvalue weighted by atomic mass is 9.94. The number of aromatic nitrogens is 1. The molecular weight excluding hydrogens is 540 g/mol. The Morgan fingerprint density at radius 2 is 1.27 bits per heavy atom. The molecule has 0 bridgehead atoms. The summed E-state index contributed by atoms with van der Waals surface area (Å²) in [7, 11) is 8.74. The van der Waals surface area contributed by atoms with Crippen LogP contribution < -0.4 is 34.2 Å². The van der Waals surface area contributed by atoms with Crippen molar-refractivity contribution in [1.82, 2.24) is 4.98 Å². The Labute approximate surface area is 234 Å². The number of hydrogen-bond donors (Lipinski definition) is 2. The van der Waals surface area contributed by atoms with Crippen LogP contribution in [0.4, 0.5) is 5.69 Å². The second kappa shape index (κ2) is 11.2. The molecule has 40 heavy (non-hydrogen) atoms. The summed E-state index contributed by atoms with van der Waals surface area (Å²) in [6.07, 6.45) is 0. The van der Waals surface area contributed by atoms with Crippen molar-refractivity contribution in [2.45, 2.75) is 6.92 Å². The lowest BCUT2D eigenvalue weighted by Gasteiger charge is -2.17. The normalized spacial score (nSPS) is 10.8. The van der Waals surface area contributed by atoms with Crippen LogP contribution in [0.25, 0.3) is 21.3 Å². The number of ether oxygens (including phenoxy) is 6. The zero-order valence-corrected chi connectivity index (χ0v) is 23.8. The second-order valence-electron chi connectivity index (χ2n) is 8.43. The molecule has 3 N–H and O–H groups in total. The van der Waals surface area contributed by atoms with E-state index in [1.54, 1.807) is 19.1 Å². The van der Waals surface area contributed by atoms with Gasteiger partial charge >= 0.3 is 5.97 Å². The van der Waals surface area contributed by atoms with Gasteiger partial charge in [-0.15, -0.1) is 11.3 Å². The van der Waals surface area contributed by atoms with Crippen LogP contribution in [0.1, 0.15) is 31.3 Å². The predicted molar refractivity (Wildman–Crippen MR) is 150 cm³/mol. The van der Waals surface area contributed by atoms with Gasteiger partial charge in [-0.2, -0.15) is 0 Å². The standard InChI is InChI=1S/C28H28N2O9S/c1-12-19(28(32)33)20(13-8-15(34-2)24(38-6)16(9-13)35-3)21-22(29)26(40-27(21)30-12)23(31)14-10-17(36-4)25(39-7)18(11-14)37-5/h8-11H,29H2,1-7H3,(H,32,33). The summed E-state index contributed by atoms with van der Waals surface area (Å²) in [6, 6.07) is 6.30. The number of pyridine rings is 1. The first-order valence-electron chi connectivity index (χ1n) is 11.8. The molecule has 2 heterocycles. The number of nitrogen functional groups attached to an aromatic ring is 1. The second-order valence-corrected chi connectivity index (χ2v) is 9.43. The number of carboxylic acids is 1. The van der Waals surface area contributed by atoms with Crippen molar-refractivity contribution in [2.75, 3.05) is 48.4 Å². The highest BCUT2D eigenvalue weighted by Gasteiger charge is 2.29. The van der Waals surface area contributed by atoms with Gasteiger partial charge in [0.25, 0.3) is 0 Å². The highest BCUT2D eigenvalue weighted by molar-refractivity contribution is 7.21. The van der Waals surface area contributed by atoms with Crippen LogP contribution in [-0.2, 0) is 0 Å². The predicted octanol–water partition coefficient (Wildman–Crippen LogP) is 4.83. The first-order valence-corrected chi connectivity index (χ1v) is 12.6. The molecule has 0 amide bonds. The number of rotatable bonds is 10. The molecule has 2 aromatic carbocycles. The van der Waals surface area contributed by atoms with E-state index >= 15 is 0 Å². The van der Waals surface area contributed by atoms with Gasteiger partial charge in [0, 0.05) is 16.5 Å². The molecule has 0 aliphatic carbocycles. The lowest BCUT2D eigenvalue weighted by molar-refractivity contribution is 0.0696. The Morgan fingerprint density at radius 1 is 0.800 bits per heavy atom. The van der Waals surface area contributed by atoms with Crippen LogP contribution in [0, 0.1) is 6.92 Å². The maximum absolute atomic E-state index is 13.8. The maximum Gasteiger partial charge on any atom is 0.338 e. The van der Waals surface area contributed by atoms with E-state index in [1.807, 2.05) is 0 Å². The van der Waals surface area contributed by atoms with Gasteiger partial charge in [0.15, 0.2) is 23.0 Å². The fourth-order valence-electron chi connectivity index (χ4n) is 4.55. The van der Waals surface area contributed by atoms with Gasteiger partial charge in [-0.05, 0) is 36.8 Å². The number of benzene rings is 2. The van der Waals surface area contributed by atoms with Crippen molar-refractivity contribution >= 4 is 39.0 Å². The smallest absolute Gasteiger partial charge is 0.338 e. The van der Waals surface area contributed by atoms with Crippen LogP contribution >= 0.6 is 11.3 Å². The van der Waals surface area contributed by atoms with Crippen molar-refractivity contribution in [3.05, 3.63) is 46.0 Å². The Morgan fingerprint density at radius 3 is 1.70 bits per heavy atom. The van der Waals surface area contributed by atoms with Crippen molar-refractivity contribution in [2.24, 2.45) is 0 Å². The molecule has 12 heteroatoms. The molecule has 4 aromatic rings. The summed E-state index contributed by atoms with van der Waals surface area (Å²) in [4.78, 5) is 31.3. The Bertz CT molecular complexity index is 1600. The number of nitrogens with zero attached hydrogens (tertiary/aromatic N) is 1. The van der Waals surface area contributed by atoms with Gasteiger partial charge in [-0.1, -0.05) is 0 Å². The molecule has 210 valence electrons. The Kier molecular flexibility index (Phi) is 7.91. The first-order chi connectivity index (χ1) is 19.1. The average molecular weight is 569 g/mol. The quantitative estimate of drug-likeness (QED) is 0.253. The summed E-state index contributed by atoms with van der Waals surface area (Å²) >= 11 is 1.06. The molecule has 11 nitrogen and oxygen atoms in total. The van der Waals surface area contributed by atoms with Gasteiger partial charge in [-0.25, -0.2) is 9.78 Å². The number of fused-ring (bicyclic) bond motifs is 1. The zero-order valence-electron chi connectivity index (χ0n) is 23.0. The minimum absolute atomic E-state index is 0.0712. The van der Waals surface area contributed by atoms with Crippen molar-refractivity contribution < 1.29 is 43.1 Å². The lowest BCUT2D eigenvalue weighted by Crippen LogP contribution is -2.07. The van der Waals surface area contributed by atoms with E-state index in [0.29, 0.717) is 50.3 Å². The van der Waals surface area contributed by atoms with Crippen LogP contribution in [0.2, 0.25) is 0 Å². The van der Waals surface area contributed by atoms with Gasteiger partial charge in [0.2, 0.25) is 17.3 Å². The first kappa shape index (κ1) is 28.3. The molecule has 0 radical (unpaired) electrons. The Balaban J connectivity index is 2.04. The average Bonchev–Trinajstić information content (AvgIpc) is 3.29. The number of carbonyl (C=O) groups excluding carboxylic acids is 1. The van der Waals surface area contributed by atoms with Crippen molar-refractivity contribution in [1.29, 1.82) is 0 Å².